The lowest BCUT2D eigenvalue weighted by Gasteiger charge is -2.57. The Morgan fingerprint density at radius 1 is 1.13 bits per heavy atom. The molecule has 3 saturated carbocycles. The number of rotatable bonds is 1. The lowest BCUT2D eigenvalue weighted by molar-refractivity contribution is -0.148. The smallest absolute Gasteiger partial charge is 0.307 e. The normalized spacial score (nSPS) is 52.1. The molecule has 23 heavy (non-hydrogen) atoms. The van der Waals surface area contributed by atoms with E-state index in [1.165, 1.54) is 12.0 Å². The molecule has 0 aromatic rings. The van der Waals surface area contributed by atoms with Crippen LogP contribution in [0, 0.1) is 34.5 Å². The number of hydrogen-bond acceptors (Lipinski definition) is 2. The Morgan fingerprint density at radius 2 is 1.91 bits per heavy atom. The maximum Gasteiger partial charge on any atom is 0.307 e. The van der Waals surface area contributed by atoms with Crippen molar-refractivity contribution in [1.82, 2.24) is 0 Å². The van der Waals surface area contributed by atoms with Crippen molar-refractivity contribution in [2.24, 2.45) is 34.5 Å². The molecule has 0 heterocycles. The van der Waals surface area contributed by atoms with E-state index in [0.29, 0.717) is 17.8 Å². The number of hydrogen-bond donors (Lipinski definition) is 2. The molecule has 0 aromatic carbocycles. The number of aliphatic carboxylic acids is 1. The van der Waals surface area contributed by atoms with E-state index in [4.69, 9.17) is 0 Å². The van der Waals surface area contributed by atoms with E-state index in [2.05, 4.69) is 19.9 Å². The second-order valence-electron chi connectivity index (χ2n) is 9.17. The minimum Gasteiger partial charge on any atom is -0.481 e. The number of carbonyl (C=O) groups is 1. The monoisotopic (exact) mass is 318 g/mol. The van der Waals surface area contributed by atoms with E-state index in [0.717, 1.165) is 44.9 Å². The fraction of sp³-hybridized carbons (Fsp3) is 0.850. The van der Waals surface area contributed by atoms with E-state index in [1.807, 2.05) is 0 Å². The standard InChI is InChI=1S/C20H30O3/c1-19-9-7-13(21)11-12(19)3-4-14-15-5-6-17(18(22)23)20(15,2)10-8-16(14)19/h3,13-17,21H,4-11H2,1-2H3,(H,22,23)/t13?,14-,15-,16+,17?,19-,20-/m0/s1. The second kappa shape index (κ2) is 5.08. The molecule has 3 fully saturated rings. The summed E-state index contributed by atoms with van der Waals surface area (Å²) >= 11 is 0. The van der Waals surface area contributed by atoms with Gasteiger partial charge in [-0.05, 0) is 80.0 Å². The van der Waals surface area contributed by atoms with Crippen LogP contribution in [0.25, 0.3) is 0 Å². The minimum absolute atomic E-state index is 0.00286. The van der Waals surface area contributed by atoms with Crippen molar-refractivity contribution >= 4 is 5.97 Å². The quantitative estimate of drug-likeness (QED) is 0.718. The molecule has 0 aliphatic heterocycles. The van der Waals surface area contributed by atoms with Gasteiger partial charge in [-0.25, -0.2) is 0 Å². The number of allylic oxidation sites excluding steroid dienone is 1. The van der Waals surface area contributed by atoms with Crippen molar-refractivity contribution in [1.29, 1.82) is 0 Å². The zero-order chi connectivity index (χ0) is 16.4. The van der Waals surface area contributed by atoms with Crippen LogP contribution in [0.5, 0.6) is 0 Å². The predicted molar refractivity (Wildman–Crippen MR) is 88.8 cm³/mol. The van der Waals surface area contributed by atoms with Gasteiger partial charge in [0, 0.05) is 0 Å². The topological polar surface area (TPSA) is 57.5 Å². The summed E-state index contributed by atoms with van der Waals surface area (Å²) < 4.78 is 0. The van der Waals surface area contributed by atoms with Crippen LogP contribution in [-0.4, -0.2) is 22.3 Å². The predicted octanol–water partition coefficient (Wildman–Crippen LogP) is 4.01. The molecule has 0 spiro atoms. The van der Waals surface area contributed by atoms with Crippen molar-refractivity contribution in [3.63, 3.8) is 0 Å². The summed E-state index contributed by atoms with van der Waals surface area (Å²) in [5.74, 6) is 1.21. The number of carboxylic acid groups (broad SMARTS) is 1. The highest BCUT2D eigenvalue weighted by molar-refractivity contribution is 5.71. The molecule has 4 aliphatic rings. The first kappa shape index (κ1) is 15.7. The van der Waals surface area contributed by atoms with Crippen LogP contribution >= 0.6 is 0 Å². The summed E-state index contributed by atoms with van der Waals surface area (Å²) in [6.07, 6.45) is 10.5. The van der Waals surface area contributed by atoms with Gasteiger partial charge >= 0.3 is 5.97 Å². The molecule has 4 aliphatic carbocycles. The first-order valence-corrected chi connectivity index (χ1v) is 9.46. The molecule has 0 aromatic heterocycles. The Hall–Kier alpha value is -0.830. The largest absolute Gasteiger partial charge is 0.481 e. The highest BCUT2D eigenvalue weighted by atomic mass is 16.4. The van der Waals surface area contributed by atoms with Crippen molar-refractivity contribution in [3.05, 3.63) is 11.6 Å². The van der Waals surface area contributed by atoms with Gasteiger partial charge in [-0.2, -0.15) is 0 Å². The zero-order valence-electron chi connectivity index (χ0n) is 14.4. The zero-order valence-corrected chi connectivity index (χ0v) is 14.4. The fourth-order valence-corrected chi connectivity index (χ4v) is 7.05. The molecule has 4 rings (SSSR count). The fourth-order valence-electron chi connectivity index (χ4n) is 7.05. The van der Waals surface area contributed by atoms with Crippen LogP contribution in [0.4, 0.5) is 0 Å². The summed E-state index contributed by atoms with van der Waals surface area (Å²) in [5.41, 5.74) is 1.75. The molecule has 2 N–H and O–H groups in total. The van der Waals surface area contributed by atoms with Gasteiger partial charge in [0.1, 0.15) is 0 Å². The summed E-state index contributed by atoms with van der Waals surface area (Å²) in [4.78, 5) is 11.7. The summed E-state index contributed by atoms with van der Waals surface area (Å²) in [7, 11) is 0. The lowest BCUT2D eigenvalue weighted by Crippen LogP contribution is -2.51. The Balaban J connectivity index is 1.66. The third kappa shape index (κ3) is 2.08. The van der Waals surface area contributed by atoms with Gasteiger partial charge in [0.25, 0.3) is 0 Å². The maximum atomic E-state index is 11.7. The number of carboxylic acids is 1. The molecule has 0 bridgehead atoms. The molecular formula is C20H30O3. The lowest BCUT2D eigenvalue weighted by atomic mass is 9.47. The number of aliphatic hydroxyl groups excluding tert-OH is 1. The summed E-state index contributed by atoms with van der Waals surface area (Å²) in [6, 6.07) is 0. The van der Waals surface area contributed by atoms with E-state index in [9.17, 15) is 15.0 Å². The van der Waals surface area contributed by atoms with Gasteiger partial charge in [0.05, 0.1) is 12.0 Å². The summed E-state index contributed by atoms with van der Waals surface area (Å²) in [5, 5.41) is 19.7. The van der Waals surface area contributed by atoms with E-state index < -0.39 is 5.97 Å². The molecule has 0 radical (unpaired) electrons. The van der Waals surface area contributed by atoms with Gasteiger partial charge in [0.15, 0.2) is 0 Å². The molecule has 3 heteroatoms. The van der Waals surface area contributed by atoms with Crippen molar-refractivity contribution < 1.29 is 15.0 Å². The SMILES string of the molecule is C[C@]12CCC(O)CC1=CC[C@@H]1[C@H]2CC[C@]2(C)C(C(=O)O)CC[C@@H]12. The first-order valence-electron chi connectivity index (χ1n) is 9.46. The third-order valence-corrected chi connectivity index (χ3v) is 8.38. The van der Waals surface area contributed by atoms with Crippen molar-refractivity contribution in [3.8, 4) is 0 Å². The molecule has 0 amide bonds. The van der Waals surface area contributed by atoms with Gasteiger partial charge in [0.2, 0.25) is 0 Å². The third-order valence-electron chi connectivity index (χ3n) is 8.38. The van der Waals surface area contributed by atoms with Crippen molar-refractivity contribution in [2.45, 2.75) is 71.3 Å². The number of aliphatic hydroxyl groups is 1. The van der Waals surface area contributed by atoms with Gasteiger partial charge < -0.3 is 10.2 Å². The Kier molecular flexibility index (Phi) is 3.46. The van der Waals surface area contributed by atoms with E-state index in [-0.39, 0.29) is 22.9 Å². The molecular weight excluding hydrogens is 288 g/mol. The average molecular weight is 318 g/mol. The summed E-state index contributed by atoms with van der Waals surface area (Å²) in [6.45, 7) is 4.68. The highest BCUT2D eigenvalue weighted by Gasteiger charge is 2.59. The molecule has 128 valence electrons. The Bertz CT molecular complexity index is 553. The van der Waals surface area contributed by atoms with Crippen LogP contribution in [0.2, 0.25) is 0 Å². The van der Waals surface area contributed by atoms with Gasteiger partial charge in [-0.1, -0.05) is 25.5 Å². The van der Waals surface area contributed by atoms with Gasteiger partial charge in [-0.3, -0.25) is 4.79 Å². The van der Waals surface area contributed by atoms with Crippen LogP contribution in [0.15, 0.2) is 11.6 Å². The second-order valence-corrected chi connectivity index (χ2v) is 9.17. The average Bonchev–Trinajstić information content (AvgIpc) is 2.85. The molecule has 7 atom stereocenters. The maximum absolute atomic E-state index is 11.7. The Morgan fingerprint density at radius 3 is 2.65 bits per heavy atom. The van der Waals surface area contributed by atoms with Crippen LogP contribution in [0.1, 0.15) is 65.2 Å². The molecule has 3 nitrogen and oxygen atoms in total. The van der Waals surface area contributed by atoms with E-state index in [1.54, 1.807) is 0 Å². The number of fused-ring (bicyclic) bond motifs is 5. The van der Waals surface area contributed by atoms with E-state index >= 15 is 0 Å². The minimum atomic E-state index is -0.576. The van der Waals surface area contributed by atoms with Crippen LogP contribution in [0.3, 0.4) is 0 Å². The van der Waals surface area contributed by atoms with Gasteiger partial charge in [-0.15, -0.1) is 0 Å². The first-order chi connectivity index (χ1) is 10.9. The van der Waals surface area contributed by atoms with Crippen LogP contribution < -0.4 is 0 Å². The Labute approximate surface area is 139 Å². The highest BCUT2D eigenvalue weighted by Crippen LogP contribution is 2.66. The molecule has 2 unspecified atom stereocenters. The molecule has 0 saturated heterocycles. The van der Waals surface area contributed by atoms with Crippen LogP contribution in [-0.2, 0) is 4.79 Å². The van der Waals surface area contributed by atoms with Crippen molar-refractivity contribution in [2.75, 3.05) is 0 Å².